The van der Waals surface area contributed by atoms with Crippen molar-refractivity contribution in [1.82, 2.24) is 4.90 Å². The Morgan fingerprint density at radius 1 is 1.19 bits per heavy atom. The second-order valence-electron chi connectivity index (χ2n) is 6.55. The molecule has 2 aromatic rings. The van der Waals surface area contributed by atoms with E-state index in [1.165, 1.54) is 11.3 Å². The maximum absolute atomic E-state index is 13.0. The average molecular weight is 371 g/mol. The van der Waals surface area contributed by atoms with E-state index >= 15 is 0 Å². The fourth-order valence-electron chi connectivity index (χ4n) is 3.55. The van der Waals surface area contributed by atoms with Gasteiger partial charge in [-0.3, -0.25) is 10.1 Å². The highest BCUT2D eigenvalue weighted by molar-refractivity contribution is 7.14. The summed E-state index contributed by atoms with van der Waals surface area (Å²) in [5, 5.41) is 8.22. The molecule has 0 saturated carbocycles. The summed E-state index contributed by atoms with van der Waals surface area (Å²) in [7, 11) is 0. The van der Waals surface area contributed by atoms with Gasteiger partial charge in [0.1, 0.15) is 5.75 Å². The SMILES string of the molecule is O=C(Nc1ccc2c(c1)C(=O)N1CCCCC1CCO2)Nc1cccs1. The highest BCUT2D eigenvalue weighted by atomic mass is 32.1. The van der Waals surface area contributed by atoms with Crippen molar-refractivity contribution in [1.29, 1.82) is 0 Å². The Kier molecular flexibility index (Phi) is 4.79. The minimum atomic E-state index is -0.331. The number of hydrogen-bond acceptors (Lipinski definition) is 4. The number of benzene rings is 1. The summed E-state index contributed by atoms with van der Waals surface area (Å²) in [4.78, 5) is 27.1. The van der Waals surface area contributed by atoms with Gasteiger partial charge < -0.3 is 15.0 Å². The smallest absolute Gasteiger partial charge is 0.324 e. The van der Waals surface area contributed by atoms with Crippen LogP contribution in [0.1, 0.15) is 36.0 Å². The van der Waals surface area contributed by atoms with E-state index in [2.05, 4.69) is 10.6 Å². The standard InChI is InChI=1S/C19H21N3O3S/c23-18-15-12-13(20-19(24)21-17-5-3-11-26-17)6-7-16(15)25-10-8-14-4-1-2-9-22(14)18/h3,5-7,11-12,14H,1-2,4,8-10H2,(H2,20,21,24). The van der Waals surface area contributed by atoms with Crippen LogP contribution >= 0.6 is 11.3 Å². The molecule has 6 nitrogen and oxygen atoms in total. The van der Waals surface area contributed by atoms with Crippen LogP contribution < -0.4 is 15.4 Å². The summed E-state index contributed by atoms with van der Waals surface area (Å²) >= 11 is 1.45. The van der Waals surface area contributed by atoms with Crippen molar-refractivity contribution in [3.05, 3.63) is 41.3 Å². The number of amides is 3. The Balaban J connectivity index is 1.54. The molecule has 0 aliphatic carbocycles. The van der Waals surface area contributed by atoms with E-state index in [9.17, 15) is 9.59 Å². The Labute approximate surface area is 156 Å². The van der Waals surface area contributed by atoms with E-state index in [1.54, 1.807) is 18.2 Å². The van der Waals surface area contributed by atoms with Gasteiger partial charge in [0.25, 0.3) is 5.91 Å². The van der Waals surface area contributed by atoms with Gasteiger partial charge in [-0.2, -0.15) is 0 Å². The summed E-state index contributed by atoms with van der Waals surface area (Å²) in [6, 6.07) is 8.86. The van der Waals surface area contributed by atoms with Crippen molar-refractivity contribution in [2.24, 2.45) is 0 Å². The van der Waals surface area contributed by atoms with Crippen molar-refractivity contribution in [3.63, 3.8) is 0 Å². The summed E-state index contributed by atoms with van der Waals surface area (Å²) in [5.74, 6) is 0.579. The average Bonchev–Trinajstić information content (AvgIpc) is 3.14. The second-order valence-corrected chi connectivity index (χ2v) is 7.50. The molecule has 7 heteroatoms. The lowest BCUT2D eigenvalue weighted by Gasteiger charge is -2.37. The first-order valence-corrected chi connectivity index (χ1v) is 9.78. The highest BCUT2D eigenvalue weighted by Crippen LogP contribution is 2.31. The fourth-order valence-corrected chi connectivity index (χ4v) is 4.16. The van der Waals surface area contributed by atoms with Gasteiger partial charge in [-0.15, -0.1) is 11.3 Å². The van der Waals surface area contributed by atoms with Gasteiger partial charge >= 0.3 is 6.03 Å². The quantitative estimate of drug-likeness (QED) is 0.832. The van der Waals surface area contributed by atoms with Crippen LogP contribution in [0.2, 0.25) is 0 Å². The topological polar surface area (TPSA) is 70.7 Å². The van der Waals surface area contributed by atoms with Crippen molar-refractivity contribution in [3.8, 4) is 5.75 Å². The number of carbonyl (C=O) groups is 2. The lowest BCUT2D eigenvalue weighted by Crippen LogP contribution is -2.45. The highest BCUT2D eigenvalue weighted by Gasteiger charge is 2.31. The van der Waals surface area contributed by atoms with E-state index in [0.717, 1.165) is 37.2 Å². The Morgan fingerprint density at radius 2 is 2.12 bits per heavy atom. The van der Waals surface area contributed by atoms with Crippen LogP contribution in [0.15, 0.2) is 35.7 Å². The van der Waals surface area contributed by atoms with Crippen LogP contribution in [0.25, 0.3) is 0 Å². The molecule has 2 aliphatic rings. The van der Waals surface area contributed by atoms with Gasteiger partial charge in [0.05, 0.1) is 17.2 Å². The molecule has 0 bridgehead atoms. The molecule has 3 heterocycles. The van der Waals surface area contributed by atoms with Gasteiger partial charge in [-0.05, 0) is 55.0 Å². The molecule has 1 unspecified atom stereocenters. The van der Waals surface area contributed by atoms with Crippen LogP contribution in [0.4, 0.5) is 15.5 Å². The van der Waals surface area contributed by atoms with Gasteiger partial charge in [0.15, 0.2) is 0 Å². The normalized spacial score (nSPS) is 19.5. The molecule has 136 valence electrons. The first kappa shape index (κ1) is 16.9. The molecule has 2 aliphatic heterocycles. The third-order valence-corrected chi connectivity index (χ3v) is 5.61. The molecular weight excluding hydrogens is 350 g/mol. The van der Waals surface area contributed by atoms with Gasteiger partial charge in [-0.1, -0.05) is 0 Å². The molecule has 1 saturated heterocycles. The number of nitrogens with zero attached hydrogens (tertiary/aromatic N) is 1. The van der Waals surface area contributed by atoms with E-state index in [4.69, 9.17) is 4.74 Å². The number of urea groups is 1. The summed E-state index contributed by atoms with van der Waals surface area (Å²) < 4.78 is 5.82. The molecule has 1 fully saturated rings. The zero-order valence-electron chi connectivity index (χ0n) is 14.4. The number of thiophene rings is 1. The zero-order chi connectivity index (χ0) is 17.9. The zero-order valence-corrected chi connectivity index (χ0v) is 15.2. The summed E-state index contributed by atoms with van der Waals surface area (Å²) in [5.41, 5.74) is 1.09. The first-order valence-electron chi connectivity index (χ1n) is 8.90. The number of ether oxygens (including phenoxy) is 1. The van der Waals surface area contributed by atoms with Crippen LogP contribution in [0, 0.1) is 0 Å². The number of nitrogens with one attached hydrogen (secondary N) is 2. The molecular formula is C19H21N3O3S. The molecule has 2 N–H and O–H groups in total. The minimum absolute atomic E-state index is 0.00767. The van der Waals surface area contributed by atoms with Crippen molar-refractivity contribution in [2.45, 2.75) is 31.7 Å². The predicted octanol–water partition coefficient (Wildman–Crippen LogP) is 4.17. The molecule has 1 aromatic heterocycles. The van der Waals surface area contributed by atoms with Crippen LogP contribution in [-0.2, 0) is 0 Å². The maximum atomic E-state index is 13.0. The second kappa shape index (κ2) is 7.37. The van der Waals surface area contributed by atoms with Crippen molar-refractivity contribution < 1.29 is 14.3 Å². The molecule has 0 radical (unpaired) electrons. The van der Waals surface area contributed by atoms with Gasteiger partial charge in [-0.25, -0.2) is 4.79 Å². The number of hydrogen-bond donors (Lipinski definition) is 2. The van der Waals surface area contributed by atoms with Crippen molar-refractivity contribution >= 4 is 34.0 Å². The van der Waals surface area contributed by atoms with Crippen LogP contribution in [-0.4, -0.2) is 36.0 Å². The number of rotatable bonds is 2. The number of carbonyl (C=O) groups excluding carboxylic acids is 2. The predicted molar refractivity (Wildman–Crippen MR) is 102 cm³/mol. The Morgan fingerprint density at radius 3 is 2.96 bits per heavy atom. The molecule has 0 spiro atoms. The summed E-state index contributed by atoms with van der Waals surface area (Å²) in [6.45, 7) is 1.40. The van der Waals surface area contributed by atoms with Gasteiger partial charge in [0, 0.05) is 24.7 Å². The number of anilines is 2. The molecule has 1 atom stereocenters. The summed E-state index contributed by atoms with van der Waals surface area (Å²) in [6.07, 6.45) is 4.10. The molecule has 4 rings (SSSR count). The third kappa shape index (κ3) is 3.53. The van der Waals surface area contributed by atoms with E-state index < -0.39 is 0 Å². The van der Waals surface area contributed by atoms with Crippen LogP contribution in [0.3, 0.4) is 0 Å². The fraction of sp³-hybridized carbons (Fsp3) is 0.368. The minimum Gasteiger partial charge on any atom is -0.493 e. The first-order chi connectivity index (χ1) is 12.7. The molecule has 26 heavy (non-hydrogen) atoms. The molecule has 1 aromatic carbocycles. The van der Waals surface area contributed by atoms with E-state index in [0.29, 0.717) is 23.6 Å². The monoisotopic (exact) mass is 371 g/mol. The third-order valence-electron chi connectivity index (χ3n) is 4.82. The lowest BCUT2D eigenvalue weighted by atomic mass is 9.97. The largest absolute Gasteiger partial charge is 0.493 e. The number of piperidine rings is 1. The Bertz CT molecular complexity index is 806. The van der Waals surface area contributed by atoms with Crippen LogP contribution in [0.5, 0.6) is 5.75 Å². The van der Waals surface area contributed by atoms with E-state index in [-0.39, 0.29) is 18.0 Å². The Hall–Kier alpha value is -2.54. The number of fused-ring (bicyclic) bond motifs is 2. The van der Waals surface area contributed by atoms with Gasteiger partial charge in [0.2, 0.25) is 0 Å². The lowest BCUT2D eigenvalue weighted by molar-refractivity contribution is 0.0548. The maximum Gasteiger partial charge on any atom is 0.324 e. The molecule has 3 amide bonds. The van der Waals surface area contributed by atoms with Crippen molar-refractivity contribution in [2.75, 3.05) is 23.8 Å². The van der Waals surface area contributed by atoms with E-state index in [1.807, 2.05) is 22.4 Å².